The maximum atomic E-state index is 11.8. The standard InChI is InChI=1S/C12H16N2O/c1-4-6-7-8-12(15)10-9-14(3)13-11(10)5-2/h9H,5,7-8H2,1-3H3. The van der Waals surface area contributed by atoms with Crippen molar-refractivity contribution in [1.82, 2.24) is 9.78 Å². The fourth-order valence-corrected chi connectivity index (χ4v) is 1.46. The molecular weight excluding hydrogens is 188 g/mol. The molecule has 1 rings (SSSR count). The Kier molecular flexibility index (Phi) is 4.11. The lowest BCUT2D eigenvalue weighted by Crippen LogP contribution is -2.00. The second kappa shape index (κ2) is 5.35. The van der Waals surface area contributed by atoms with Crippen LogP contribution in [0.25, 0.3) is 0 Å². The third-order valence-corrected chi connectivity index (χ3v) is 2.19. The molecule has 0 saturated heterocycles. The normalized spacial score (nSPS) is 9.53. The smallest absolute Gasteiger partial charge is 0.167 e. The fraction of sp³-hybridized carbons (Fsp3) is 0.500. The maximum Gasteiger partial charge on any atom is 0.167 e. The van der Waals surface area contributed by atoms with E-state index in [0.29, 0.717) is 12.8 Å². The monoisotopic (exact) mass is 204 g/mol. The first-order valence-corrected chi connectivity index (χ1v) is 5.14. The van der Waals surface area contributed by atoms with Gasteiger partial charge >= 0.3 is 0 Å². The molecule has 15 heavy (non-hydrogen) atoms. The van der Waals surface area contributed by atoms with Gasteiger partial charge in [-0.2, -0.15) is 5.10 Å². The predicted octanol–water partition coefficient (Wildman–Crippen LogP) is 1.97. The van der Waals surface area contributed by atoms with Crippen LogP contribution in [0.4, 0.5) is 0 Å². The topological polar surface area (TPSA) is 34.9 Å². The van der Waals surface area contributed by atoms with E-state index < -0.39 is 0 Å². The molecule has 0 unspecified atom stereocenters. The number of aryl methyl sites for hydroxylation is 2. The molecule has 0 aliphatic carbocycles. The van der Waals surface area contributed by atoms with Gasteiger partial charge in [-0.25, -0.2) is 0 Å². The Morgan fingerprint density at radius 3 is 2.93 bits per heavy atom. The summed E-state index contributed by atoms with van der Waals surface area (Å²) in [7, 11) is 1.84. The largest absolute Gasteiger partial charge is 0.294 e. The molecule has 0 aliphatic rings. The van der Waals surface area contributed by atoms with Gasteiger partial charge in [0.05, 0.1) is 11.3 Å². The van der Waals surface area contributed by atoms with Gasteiger partial charge in [0.25, 0.3) is 0 Å². The third-order valence-electron chi connectivity index (χ3n) is 2.19. The van der Waals surface area contributed by atoms with E-state index in [4.69, 9.17) is 0 Å². The van der Waals surface area contributed by atoms with Gasteiger partial charge < -0.3 is 0 Å². The second-order valence-corrected chi connectivity index (χ2v) is 3.37. The van der Waals surface area contributed by atoms with Crippen molar-refractivity contribution in [3.05, 3.63) is 17.5 Å². The summed E-state index contributed by atoms with van der Waals surface area (Å²) >= 11 is 0. The SMILES string of the molecule is CC#CCCC(=O)c1cn(C)nc1CC. The molecule has 0 atom stereocenters. The van der Waals surface area contributed by atoms with Crippen molar-refractivity contribution in [2.24, 2.45) is 7.05 Å². The first-order chi connectivity index (χ1) is 7.19. The number of rotatable bonds is 4. The van der Waals surface area contributed by atoms with Gasteiger partial charge in [-0.15, -0.1) is 11.8 Å². The quantitative estimate of drug-likeness (QED) is 0.555. The Labute approximate surface area is 90.5 Å². The highest BCUT2D eigenvalue weighted by Gasteiger charge is 2.13. The van der Waals surface area contributed by atoms with Crippen molar-refractivity contribution in [1.29, 1.82) is 0 Å². The molecule has 3 heteroatoms. The number of carbonyl (C=O) groups is 1. The van der Waals surface area contributed by atoms with Gasteiger partial charge in [-0.1, -0.05) is 6.92 Å². The molecule has 1 aromatic rings. The summed E-state index contributed by atoms with van der Waals surface area (Å²) < 4.78 is 1.69. The van der Waals surface area contributed by atoms with E-state index in [1.165, 1.54) is 0 Å². The van der Waals surface area contributed by atoms with Crippen molar-refractivity contribution >= 4 is 5.78 Å². The van der Waals surface area contributed by atoms with Crippen LogP contribution < -0.4 is 0 Å². The molecular formula is C12H16N2O. The number of Topliss-reactive ketones (excluding diaryl/α,β-unsaturated/α-hetero) is 1. The van der Waals surface area contributed by atoms with E-state index in [1.54, 1.807) is 17.8 Å². The Morgan fingerprint density at radius 2 is 2.33 bits per heavy atom. The summed E-state index contributed by atoms with van der Waals surface area (Å²) in [6, 6.07) is 0. The van der Waals surface area contributed by atoms with Crippen molar-refractivity contribution in [2.75, 3.05) is 0 Å². The number of hydrogen-bond acceptors (Lipinski definition) is 2. The summed E-state index contributed by atoms with van der Waals surface area (Å²) in [6.07, 6.45) is 3.70. The van der Waals surface area contributed by atoms with Gasteiger partial charge in [0, 0.05) is 26.1 Å². The van der Waals surface area contributed by atoms with Crippen LogP contribution in [0, 0.1) is 11.8 Å². The van der Waals surface area contributed by atoms with Crippen molar-refractivity contribution in [3.8, 4) is 11.8 Å². The highest BCUT2D eigenvalue weighted by atomic mass is 16.1. The van der Waals surface area contributed by atoms with Crippen LogP contribution in [0.15, 0.2) is 6.20 Å². The zero-order valence-corrected chi connectivity index (χ0v) is 9.50. The third kappa shape index (κ3) is 2.95. The predicted molar refractivity (Wildman–Crippen MR) is 59.6 cm³/mol. The molecule has 0 saturated carbocycles. The summed E-state index contributed by atoms with van der Waals surface area (Å²) in [5.41, 5.74) is 1.63. The summed E-state index contributed by atoms with van der Waals surface area (Å²) in [5, 5.41) is 4.24. The zero-order chi connectivity index (χ0) is 11.3. The number of aromatic nitrogens is 2. The van der Waals surface area contributed by atoms with Crippen LogP contribution in [0.3, 0.4) is 0 Å². The first-order valence-electron chi connectivity index (χ1n) is 5.14. The minimum Gasteiger partial charge on any atom is -0.294 e. The average Bonchev–Trinajstić information content (AvgIpc) is 2.60. The molecule has 0 aromatic carbocycles. The van der Waals surface area contributed by atoms with Gasteiger partial charge in [0.1, 0.15) is 0 Å². The highest BCUT2D eigenvalue weighted by molar-refractivity contribution is 5.97. The van der Waals surface area contributed by atoms with Crippen molar-refractivity contribution in [2.45, 2.75) is 33.1 Å². The van der Waals surface area contributed by atoms with Crippen LogP contribution in [0.5, 0.6) is 0 Å². The Morgan fingerprint density at radius 1 is 1.60 bits per heavy atom. The molecule has 3 nitrogen and oxygen atoms in total. The molecule has 0 amide bonds. The van der Waals surface area contributed by atoms with Gasteiger partial charge in [-0.05, 0) is 13.3 Å². The molecule has 0 bridgehead atoms. The van der Waals surface area contributed by atoms with Crippen LogP contribution >= 0.6 is 0 Å². The van der Waals surface area contributed by atoms with Crippen molar-refractivity contribution < 1.29 is 4.79 Å². The molecule has 0 spiro atoms. The number of ketones is 1. The Hall–Kier alpha value is -1.56. The molecule has 80 valence electrons. The molecule has 1 aromatic heterocycles. The van der Waals surface area contributed by atoms with Gasteiger partial charge in [-0.3, -0.25) is 9.48 Å². The maximum absolute atomic E-state index is 11.8. The van der Waals surface area contributed by atoms with E-state index in [1.807, 2.05) is 14.0 Å². The summed E-state index contributed by atoms with van der Waals surface area (Å²) in [4.78, 5) is 11.8. The van der Waals surface area contributed by atoms with Gasteiger partial charge in [0.2, 0.25) is 0 Å². The van der Waals surface area contributed by atoms with Gasteiger partial charge in [0.15, 0.2) is 5.78 Å². The molecule has 0 fully saturated rings. The Balaban J connectivity index is 2.75. The van der Waals surface area contributed by atoms with E-state index in [0.717, 1.165) is 17.7 Å². The van der Waals surface area contributed by atoms with E-state index >= 15 is 0 Å². The molecule has 0 aliphatic heterocycles. The minimum absolute atomic E-state index is 0.141. The minimum atomic E-state index is 0.141. The van der Waals surface area contributed by atoms with Crippen LogP contribution in [0.2, 0.25) is 0 Å². The molecule has 1 heterocycles. The molecule has 0 radical (unpaired) electrons. The summed E-state index contributed by atoms with van der Waals surface area (Å²) in [5.74, 6) is 5.82. The zero-order valence-electron chi connectivity index (χ0n) is 9.50. The van der Waals surface area contributed by atoms with Crippen LogP contribution in [0.1, 0.15) is 42.7 Å². The van der Waals surface area contributed by atoms with E-state index in [-0.39, 0.29) is 5.78 Å². The number of hydrogen-bond donors (Lipinski definition) is 0. The highest BCUT2D eigenvalue weighted by Crippen LogP contribution is 2.10. The lowest BCUT2D eigenvalue weighted by atomic mass is 10.1. The lowest BCUT2D eigenvalue weighted by molar-refractivity contribution is 0.0983. The fourth-order valence-electron chi connectivity index (χ4n) is 1.46. The second-order valence-electron chi connectivity index (χ2n) is 3.37. The average molecular weight is 204 g/mol. The number of carbonyl (C=O) groups excluding carboxylic acids is 1. The van der Waals surface area contributed by atoms with E-state index in [9.17, 15) is 4.79 Å². The summed E-state index contributed by atoms with van der Waals surface area (Å²) in [6.45, 7) is 3.79. The Bertz CT molecular complexity index is 407. The first kappa shape index (κ1) is 11.5. The molecule has 0 N–H and O–H groups in total. The van der Waals surface area contributed by atoms with Crippen molar-refractivity contribution in [3.63, 3.8) is 0 Å². The van der Waals surface area contributed by atoms with Crippen LogP contribution in [-0.4, -0.2) is 15.6 Å². The van der Waals surface area contributed by atoms with E-state index in [2.05, 4.69) is 16.9 Å². The lowest BCUT2D eigenvalue weighted by Gasteiger charge is -1.96. The van der Waals surface area contributed by atoms with Crippen LogP contribution in [-0.2, 0) is 13.5 Å². The number of nitrogens with zero attached hydrogens (tertiary/aromatic N) is 2.